The van der Waals surface area contributed by atoms with E-state index in [-0.39, 0.29) is 5.91 Å². The van der Waals surface area contributed by atoms with Crippen LogP contribution in [0.4, 0.5) is 5.69 Å². The molecule has 1 atom stereocenters. The molecule has 132 valence electrons. The molecule has 5 nitrogen and oxygen atoms in total. The van der Waals surface area contributed by atoms with Gasteiger partial charge in [-0.3, -0.25) is 4.79 Å². The van der Waals surface area contributed by atoms with Gasteiger partial charge in [-0.2, -0.15) is 0 Å². The van der Waals surface area contributed by atoms with Crippen LogP contribution in [-0.4, -0.2) is 33.2 Å². The molecular weight excluding hydrogens is 316 g/mol. The van der Waals surface area contributed by atoms with E-state index in [4.69, 9.17) is 9.47 Å². The van der Waals surface area contributed by atoms with Crippen molar-refractivity contribution >= 4 is 11.6 Å². The Hall–Kier alpha value is -2.53. The van der Waals surface area contributed by atoms with Gasteiger partial charge in [-0.1, -0.05) is 17.7 Å². The third-order valence-electron chi connectivity index (χ3n) is 4.64. The number of quaternary nitrogens is 1. The predicted molar refractivity (Wildman–Crippen MR) is 97.5 cm³/mol. The highest BCUT2D eigenvalue weighted by Crippen LogP contribution is 2.31. The Morgan fingerprint density at radius 3 is 2.36 bits per heavy atom. The summed E-state index contributed by atoms with van der Waals surface area (Å²) in [6.45, 7) is 4.24. The number of anilines is 1. The van der Waals surface area contributed by atoms with Crippen LogP contribution in [0.3, 0.4) is 0 Å². The van der Waals surface area contributed by atoms with Gasteiger partial charge in [0.05, 0.1) is 20.8 Å². The molecule has 1 heterocycles. The second-order valence-corrected chi connectivity index (χ2v) is 6.49. The molecule has 0 bridgehead atoms. The molecule has 2 N–H and O–H groups in total. The molecule has 5 heteroatoms. The first-order valence-electron chi connectivity index (χ1n) is 8.53. The zero-order chi connectivity index (χ0) is 17.8. The van der Waals surface area contributed by atoms with Crippen molar-refractivity contribution in [2.75, 3.05) is 32.6 Å². The Kier molecular flexibility index (Phi) is 5.24. The maximum atomic E-state index is 12.3. The van der Waals surface area contributed by atoms with E-state index in [9.17, 15) is 4.79 Å². The van der Waals surface area contributed by atoms with E-state index in [1.807, 2.05) is 37.3 Å². The van der Waals surface area contributed by atoms with Crippen molar-refractivity contribution in [3.05, 3.63) is 53.1 Å². The third kappa shape index (κ3) is 4.12. The summed E-state index contributed by atoms with van der Waals surface area (Å²) in [6.07, 6.45) is 0.933. The summed E-state index contributed by atoms with van der Waals surface area (Å²) in [7, 11) is 3.30. The minimum Gasteiger partial charge on any atom is -0.493 e. The van der Waals surface area contributed by atoms with Gasteiger partial charge in [0.1, 0.15) is 6.54 Å². The molecule has 2 aromatic rings. The Morgan fingerprint density at radius 2 is 1.72 bits per heavy atom. The van der Waals surface area contributed by atoms with Crippen molar-refractivity contribution < 1.29 is 19.2 Å². The smallest absolute Gasteiger partial charge is 0.279 e. The third-order valence-corrected chi connectivity index (χ3v) is 4.64. The number of rotatable bonds is 5. The van der Waals surface area contributed by atoms with Crippen LogP contribution >= 0.6 is 0 Å². The molecule has 0 spiro atoms. The normalized spacial score (nSPS) is 16.0. The number of carbonyl (C=O) groups is 1. The molecule has 3 rings (SSSR count). The number of aryl methyl sites for hydroxylation is 1. The summed E-state index contributed by atoms with van der Waals surface area (Å²) < 4.78 is 10.8. The van der Waals surface area contributed by atoms with Crippen LogP contribution in [0.1, 0.15) is 16.7 Å². The fourth-order valence-corrected chi connectivity index (χ4v) is 3.25. The molecule has 0 fully saturated rings. The monoisotopic (exact) mass is 341 g/mol. The predicted octanol–water partition coefficient (Wildman–Crippen LogP) is 1.59. The topological polar surface area (TPSA) is 52.0 Å². The molecule has 0 radical (unpaired) electrons. The van der Waals surface area contributed by atoms with Crippen LogP contribution in [0.15, 0.2) is 36.4 Å². The number of ether oxygens (including phenoxy) is 2. The fourth-order valence-electron chi connectivity index (χ4n) is 3.25. The molecule has 2 aromatic carbocycles. The quantitative estimate of drug-likeness (QED) is 0.868. The zero-order valence-electron chi connectivity index (χ0n) is 15.0. The lowest BCUT2D eigenvalue weighted by Crippen LogP contribution is -3.12. The van der Waals surface area contributed by atoms with E-state index < -0.39 is 0 Å². The number of fused-ring (bicyclic) bond motifs is 1. The van der Waals surface area contributed by atoms with E-state index in [1.165, 1.54) is 21.6 Å². The number of hydrogen-bond donors (Lipinski definition) is 2. The van der Waals surface area contributed by atoms with E-state index in [0.717, 1.165) is 36.7 Å². The number of carbonyl (C=O) groups excluding carboxylic acids is 1. The summed E-state index contributed by atoms with van der Waals surface area (Å²) in [5.41, 5.74) is 4.53. The van der Waals surface area contributed by atoms with Crippen molar-refractivity contribution in [2.45, 2.75) is 19.9 Å². The van der Waals surface area contributed by atoms with Crippen LogP contribution < -0.4 is 19.7 Å². The van der Waals surface area contributed by atoms with Gasteiger partial charge in [0.25, 0.3) is 5.91 Å². The first-order chi connectivity index (χ1) is 12.1. The summed E-state index contributed by atoms with van der Waals surface area (Å²) in [6, 6.07) is 12.0. The highest BCUT2D eigenvalue weighted by atomic mass is 16.5. The van der Waals surface area contributed by atoms with Gasteiger partial charge in [-0.25, -0.2) is 0 Å². The lowest BCUT2D eigenvalue weighted by atomic mass is 9.99. The van der Waals surface area contributed by atoms with Crippen LogP contribution in [0, 0.1) is 6.92 Å². The Morgan fingerprint density at radius 1 is 1.08 bits per heavy atom. The minimum absolute atomic E-state index is 0.0442. The number of benzene rings is 2. The van der Waals surface area contributed by atoms with Crippen molar-refractivity contribution in [3.63, 3.8) is 0 Å². The molecule has 1 aliphatic heterocycles. The summed E-state index contributed by atoms with van der Waals surface area (Å²) >= 11 is 0. The van der Waals surface area contributed by atoms with Gasteiger partial charge in [0, 0.05) is 17.7 Å². The van der Waals surface area contributed by atoms with Crippen molar-refractivity contribution in [3.8, 4) is 11.5 Å². The van der Waals surface area contributed by atoms with Crippen LogP contribution in [0.5, 0.6) is 11.5 Å². The van der Waals surface area contributed by atoms with Crippen molar-refractivity contribution in [2.24, 2.45) is 0 Å². The standard InChI is InChI=1S/C20H24N2O3/c1-14-4-6-17(7-5-14)21-20(23)13-22-9-8-15-10-18(24-2)19(25-3)11-16(15)12-22/h4-7,10-11H,8-9,12-13H2,1-3H3,(H,21,23)/p+1. The van der Waals surface area contributed by atoms with Gasteiger partial charge >= 0.3 is 0 Å². The first-order valence-corrected chi connectivity index (χ1v) is 8.53. The SMILES string of the molecule is COc1cc2c(cc1OC)C[NH+](CC(=O)Nc1ccc(C)cc1)CC2. The number of hydrogen-bond acceptors (Lipinski definition) is 3. The molecule has 1 amide bonds. The maximum Gasteiger partial charge on any atom is 0.279 e. The van der Waals surface area contributed by atoms with Gasteiger partial charge in [0.15, 0.2) is 18.0 Å². The zero-order valence-corrected chi connectivity index (χ0v) is 15.0. The second kappa shape index (κ2) is 7.57. The fraction of sp³-hybridized carbons (Fsp3) is 0.350. The molecule has 0 saturated heterocycles. The Bertz CT molecular complexity index is 756. The highest BCUT2D eigenvalue weighted by Gasteiger charge is 2.24. The average Bonchev–Trinajstić information content (AvgIpc) is 2.62. The van der Waals surface area contributed by atoms with Crippen molar-refractivity contribution in [1.29, 1.82) is 0 Å². The minimum atomic E-state index is 0.0442. The lowest BCUT2D eigenvalue weighted by Gasteiger charge is -2.26. The van der Waals surface area contributed by atoms with E-state index in [1.54, 1.807) is 14.2 Å². The Labute approximate surface area is 148 Å². The van der Waals surface area contributed by atoms with Gasteiger partial charge in [-0.05, 0) is 36.8 Å². The molecular formula is C20H25N2O3+. The summed E-state index contributed by atoms with van der Waals surface area (Å²) in [4.78, 5) is 13.6. The molecule has 0 saturated carbocycles. The first kappa shape index (κ1) is 17.3. The lowest BCUT2D eigenvalue weighted by molar-refractivity contribution is -0.907. The van der Waals surface area contributed by atoms with E-state index >= 15 is 0 Å². The van der Waals surface area contributed by atoms with E-state index in [2.05, 4.69) is 11.4 Å². The van der Waals surface area contributed by atoms with Gasteiger partial charge in [-0.15, -0.1) is 0 Å². The van der Waals surface area contributed by atoms with Crippen LogP contribution in [0.25, 0.3) is 0 Å². The van der Waals surface area contributed by atoms with Crippen LogP contribution in [0.2, 0.25) is 0 Å². The summed E-state index contributed by atoms with van der Waals surface area (Å²) in [5, 5.41) is 2.98. The van der Waals surface area contributed by atoms with E-state index in [0.29, 0.717) is 6.54 Å². The number of nitrogens with one attached hydrogen (secondary N) is 2. The Balaban J connectivity index is 1.64. The molecule has 0 aromatic heterocycles. The highest BCUT2D eigenvalue weighted by molar-refractivity contribution is 5.91. The maximum absolute atomic E-state index is 12.3. The molecule has 1 unspecified atom stereocenters. The largest absolute Gasteiger partial charge is 0.493 e. The molecule has 25 heavy (non-hydrogen) atoms. The van der Waals surface area contributed by atoms with Gasteiger partial charge < -0.3 is 19.7 Å². The second-order valence-electron chi connectivity index (χ2n) is 6.49. The van der Waals surface area contributed by atoms with Crippen LogP contribution in [-0.2, 0) is 17.8 Å². The average molecular weight is 341 g/mol. The number of methoxy groups -OCH3 is 2. The summed E-state index contributed by atoms with van der Waals surface area (Å²) in [5.74, 6) is 1.55. The number of amides is 1. The van der Waals surface area contributed by atoms with Crippen molar-refractivity contribution in [1.82, 2.24) is 0 Å². The molecule has 0 aliphatic carbocycles. The van der Waals surface area contributed by atoms with Gasteiger partial charge in [0.2, 0.25) is 0 Å². The molecule has 1 aliphatic rings.